The van der Waals surface area contributed by atoms with Gasteiger partial charge in [-0.25, -0.2) is 0 Å². The molecule has 4 aromatic rings. The third-order valence-electron chi connectivity index (χ3n) is 7.67. The van der Waals surface area contributed by atoms with E-state index in [1.807, 2.05) is 19.1 Å². The molecule has 0 saturated heterocycles. The zero-order valence-electron chi connectivity index (χ0n) is 26.4. The van der Waals surface area contributed by atoms with Crippen LogP contribution in [0.15, 0.2) is 96.6 Å². The molecular formula is C31H28FN7O9S2. The SMILES string of the molecule is Cc1ccc(N=Nc2c(C)cc3cc(S(=O)(=O)O)c(N=NC4=C(S(=O)(=O)O)C=CC(Nc5cc(F)c([N+](=O)[O-])cc5C)C4)c(O)c3c2N)cc1. The maximum absolute atomic E-state index is 14.4. The van der Waals surface area contributed by atoms with Crippen LogP contribution in [0, 0.1) is 36.7 Å². The molecule has 19 heteroatoms. The number of nitrogens with two attached hydrogens (primary N) is 1. The maximum atomic E-state index is 14.4. The molecular weight excluding hydrogens is 698 g/mol. The standard InChI is InChI=1S/C31H28FN7O9S2/c1-15-4-6-19(7-5-15)35-37-29-17(3)10-18-12-26(50(46,47)48)30(31(40)27(18)28(29)33)38-36-23-13-20(8-9-25(23)49(43,44)45)34-22-14-21(32)24(39(41)42)11-16(22)2/h4-12,14,20,34,40H,13,33H2,1-3H3,(H,43,44,45)(H,46,47,48). The van der Waals surface area contributed by atoms with Gasteiger partial charge in [-0.3, -0.25) is 19.2 Å². The summed E-state index contributed by atoms with van der Waals surface area (Å²) in [5, 5.41) is 41.3. The van der Waals surface area contributed by atoms with Crippen molar-refractivity contribution in [2.75, 3.05) is 11.1 Å². The molecule has 260 valence electrons. The van der Waals surface area contributed by atoms with Crippen molar-refractivity contribution in [2.24, 2.45) is 20.5 Å². The van der Waals surface area contributed by atoms with Crippen molar-refractivity contribution in [1.82, 2.24) is 0 Å². The molecule has 0 amide bonds. The molecule has 0 spiro atoms. The van der Waals surface area contributed by atoms with Crippen molar-refractivity contribution < 1.29 is 40.4 Å². The van der Waals surface area contributed by atoms with E-state index in [1.54, 1.807) is 19.1 Å². The van der Waals surface area contributed by atoms with E-state index < -0.39 is 69.6 Å². The lowest BCUT2D eigenvalue weighted by Gasteiger charge is -2.22. The van der Waals surface area contributed by atoms with Gasteiger partial charge in [-0.1, -0.05) is 23.8 Å². The molecule has 1 atom stereocenters. The lowest BCUT2D eigenvalue weighted by molar-refractivity contribution is -0.387. The van der Waals surface area contributed by atoms with Gasteiger partial charge in [-0.2, -0.15) is 31.5 Å². The Kier molecular flexibility index (Phi) is 9.52. The van der Waals surface area contributed by atoms with E-state index >= 15 is 0 Å². The van der Waals surface area contributed by atoms with E-state index in [9.17, 15) is 45.6 Å². The molecule has 16 nitrogen and oxygen atoms in total. The van der Waals surface area contributed by atoms with E-state index in [-0.39, 0.29) is 39.8 Å². The van der Waals surface area contributed by atoms with Crippen LogP contribution in [-0.4, -0.2) is 42.0 Å². The molecule has 0 saturated carbocycles. The first-order valence-corrected chi connectivity index (χ1v) is 17.3. The summed E-state index contributed by atoms with van der Waals surface area (Å²) in [5.41, 5.74) is 6.75. The number of hydrogen-bond donors (Lipinski definition) is 5. The Morgan fingerprint density at radius 3 is 2.20 bits per heavy atom. The lowest BCUT2D eigenvalue weighted by Crippen LogP contribution is -2.22. The van der Waals surface area contributed by atoms with Crippen LogP contribution in [0.5, 0.6) is 5.75 Å². The smallest absolute Gasteiger partial charge is 0.305 e. The first kappa shape index (κ1) is 35.7. The number of nitrogen functional groups attached to an aromatic ring is 1. The lowest BCUT2D eigenvalue weighted by atomic mass is 10.0. The maximum Gasteiger partial charge on any atom is 0.305 e. The number of azo groups is 2. The summed E-state index contributed by atoms with van der Waals surface area (Å²) in [5.74, 6) is -1.98. The van der Waals surface area contributed by atoms with E-state index in [0.717, 1.165) is 29.8 Å². The number of halogens is 1. The van der Waals surface area contributed by atoms with Gasteiger partial charge < -0.3 is 16.2 Å². The number of nitrogens with zero attached hydrogens (tertiary/aromatic N) is 5. The third kappa shape index (κ3) is 7.34. The van der Waals surface area contributed by atoms with Crippen LogP contribution >= 0.6 is 0 Å². The van der Waals surface area contributed by atoms with E-state index in [0.29, 0.717) is 11.3 Å². The molecule has 1 aliphatic carbocycles. The highest BCUT2D eigenvalue weighted by molar-refractivity contribution is 7.90. The van der Waals surface area contributed by atoms with Crippen LogP contribution in [0.1, 0.15) is 23.1 Å². The average Bonchev–Trinajstić information content (AvgIpc) is 3.01. The molecule has 0 aromatic heterocycles. The predicted octanol–water partition coefficient (Wildman–Crippen LogP) is 7.39. The summed E-state index contributed by atoms with van der Waals surface area (Å²) in [6.45, 7) is 4.99. The van der Waals surface area contributed by atoms with Crippen molar-refractivity contribution in [3.63, 3.8) is 0 Å². The number of allylic oxidation sites excluding steroid dienone is 1. The first-order chi connectivity index (χ1) is 23.3. The van der Waals surface area contributed by atoms with Gasteiger partial charge in [0.05, 0.1) is 33.4 Å². The number of nitro benzene ring substituents is 1. The molecule has 0 heterocycles. The minimum atomic E-state index is -5.09. The van der Waals surface area contributed by atoms with Gasteiger partial charge in [-0.15, -0.1) is 10.2 Å². The zero-order valence-corrected chi connectivity index (χ0v) is 28.0. The van der Waals surface area contributed by atoms with Gasteiger partial charge >= 0.3 is 5.69 Å². The van der Waals surface area contributed by atoms with Crippen LogP contribution < -0.4 is 11.1 Å². The number of benzene rings is 4. The minimum Gasteiger partial charge on any atom is -0.505 e. The Morgan fingerprint density at radius 2 is 1.58 bits per heavy atom. The third-order valence-corrected chi connectivity index (χ3v) is 9.47. The number of fused-ring (bicyclic) bond motifs is 1. The van der Waals surface area contributed by atoms with Crippen LogP contribution in [-0.2, 0) is 20.2 Å². The predicted molar refractivity (Wildman–Crippen MR) is 182 cm³/mol. The monoisotopic (exact) mass is 725 g/mol. The molecule has 1 unspecified atom stereocenters. The fourth-order valence-electron chi connectivity index (χ4n) is 5.20. The second kappa shape index (κ2) is 13.3. The van der Waals surface area contributed by atoms with Gasteiger partial charge in [0.15, 0.2) is 5.75 Å². The van der Waals surface area contributed by atoms with Crippen LogP contribution in [0.25, 0.3) is 10.8 Å². The molecule has 1 aliphatic rings. The highest BCUT2D eigenvalue weighted by Gasteiger charge is 2.28. The van der Waals surface area contributed by atoms with Crippen molar-refractivity contribution in [1.29, 1.82) is 0 Å². The second-order valence-electron chi connectivity index (χ2n) is 11.3. The van der Waals surface area contributed by atoms with Crippen molar-refractivity contribution >= 4 is 65.1 Å². The van der Waals surface area contributed by atoms with Gasteiger partial charge in [0.2, 0.25) is 5.82 Å². The summed E-state index contributed by atoms with van der Waals surface area (Å²) in [7, 11) is -10.0. The van der Waals surface area contributed by atoms with Gasteiger partial charge in [0.25, 0.3) is 20.2 Å². The first-order valence-electron chi connectivity index (χ1n) is 14.4. The average molecular weight is 726 g/mol. The summed E-state index contributed by atoms with van der Waals surface area (Å²) in [4.78, 5) is 8.59. The number of aromatic hydroxyl groups is 1. The number of phenols is 1. The summed E-state index contributed by atoms with van der Waals surface area (Å²) in [6, 6.07) is 10.6. The Labute approximate surface area is 284 Å². The number of aryl methyl sites for hydroxylation is 3. The molecule has 0 aliphatic heterocycles. The fraction of sp³-hybridized carbons (Fsp3) is 0.161. The number of anilines is 2. The summed E-state index contributed by atoms with van der Waals surface area (Å²) < 4.78 is 83.7. The molecule has 4 aromatic carbocycles. The molecule has 0 radical (unpaired) electrons. The number of rotatable bonds is 9. The van der Waals surface area contributed by atoms with Crippen LogP contribution in [0.3, 0.4) is 0 Å². The van der Waals surface area contributed by atoms with Crippen molar-refractivity contribution in [2.45, 2.75) is 38.1 Å². The number of nitrogens with one attached hydrogen (secondary N) is 1. The van der Waals surface area contributed by atoms with Gasteiger partial charge in [-0.05, 0) is 67.6 Å². The topological polar surface area (TPSA) is 260 Å². The molecule has 0 fully saturated rings. The van der Waals surface area contributed by atoms with E-state index in [1.165, 1.54) is 19.1 Å². The normalized spacial score (nSPS) is 15.4. The highest BCUT2D eigenvalue weighted by atomic mass is 32.2. The second-order valence-corrected chi connectivity index (χ2v) is 14.1. The summed E-state index contributed by atoms with van der Waals surface area (Å²) >= 11 is 0. The number of nitro groups is 1. The highest BCUT2D eigenvalue weighted by Crippen LogP contribution is 2.47. The molecule has 0 bridgehead atoms. The Hall–Kier alpha value is -5.63. The number of hydrogen-bond acceptors (Lipinski definition) is 13. The Balaban J connectivity index is 1.59. The largest absolute Gasteiger partial charge is 0.505 e. The Morgan fingerprint density at radius 1 is 0.920 bits per heavy atom. The molecule has 50 heavy (non-hydrogen) atoms. The fourth-order valence-corrected chi connectivity index (χ4v) is 6.53. The minimum absolute atomic E-state index is 0.0757. The quantitative estimate of drug-likeness (QED) is 0.0373. The summed E-state index contributed by atoms with van der Waals surface area (Å²) in [6.07, 6.45) is 1.92. The molecule has 5 rings (SSSR count). The van der Waals surface area contributed by atoms with Gasteiger partial charge in [0.1, 0.15) is 21.2 Å². The van der Waals surface area contributed by atoms with Crippen LogP contribution in [0.4, 0.5) is 38.5 Å². The van der Waals surface area contributed by atoms with Crippen LogP contribution in [0.2, 0.25) is 0 Å². The Bertz CT molecular complexity index is 2430. The van der Waals surface area contributed by atoms with Gasteiger partial charge in [0, 0.05) is 24.2 Å². The van der Waals surface area contributed by atoms with E-state index in [4.69, 9.17) is 5.73 Å². The van der Waals surface area contributed by atoms with Crippen molar-refractivity contribution in [3.05, 3.63) is 104 Å². The molecule has 6 N–H and O–H groups in total. The van der Waals surface area contributed by atoms with Crippen molar-refractivity contribution in [3.8, 4) is 5.75 Å². The number of phenolic OH excluding ortho intramolecular Hbond substituents is 1. The zero-order chi connectivity index (χ0) is 36.7. The van der Waals surface area contributed by atoms with E-state index in [2.05, 4.69) is 25.8 Å².